The third-order valence-electron chi connectivity index (χ3n) is 7.89. The predicted octanol–water partition coefficient (Wildman–Crippen LogP) is 5.35. The van der Waals surface area contributed by atoms with Gasteiger partial charge in [-0.1, -0.05) is 58.8 Å². The van der Waals surface area contributed by atoms with Crippen LogP contribution in [0, 0.1) is 0 Å². The van der Waals surface area contributed by atoms with E-state index in [-0.39, 0.29) is 5.41 Å². The molecule has 236 valence electrons. The highest BCUT2D eigenvalue weighted by atomic mass is 32.2. The number of benzene rings is 1. The fourth-order valence-corrected chi connectivity index (χ4v) is 5.51. The molecule has 43 heavy (non-hydrogen) atoms. The van der Waals surface area contributed by atoms with E-state index in [0.717, 1.165) is 50.5 Å². The first-order chi connectivity index (χ1) is 20.5. The van der Waals surface area contributed by atoms with Gasteiger partial charge >= 0.3 is 6.03 Å². The molecule has 1 fully saturated rings. The summed E-state index contributed by atoms with van der Waals surface area (Å²) in [5.41, 5.74) is 2.51. The molecule has 1 saturated carbocycles. The van der Waals surface area contributed by atoms with Crippen molar-refractivity contribution in [2.24, 2.45) is 0 Å². The molecule has 13 heteroatoms. The summed E-state index contributed by atoms with van der Waals surface area (Å²) < 4.78 is 33.1. The Balaban J connectivity index is 1.29. The number of carbonyl (C=O) groups excluding carboxylic acids is 2. The molecule has 12 nitrogen and oxygen atoms in total. The van der Waals surface area contributed by atoms with Crippen molar-refractivity contribution in [1.29, 1.82) is 0 Å². The van der Waals surface area contributed by atoms with Crippen molar-refractivity contribution in [1.82, 2.24) is 29.9 Å². The smallest absolute Gasteiger partial charge is 0.319 e. The van der Waals surface area contributed by atoms with Crippen LogP contribution < -0.4 is 20.1 Å². The number of sulfonamides is 1. The zero-order valence-corrected chi connectivity index (χ0v) is 26.4. The van der Waals surface area contributed by atoms with Gasteiger partial charge in [0.25, 0.3) is 5.91 Å². The number of nitrogens with zero attached hydrogens (tertiary/aromatic N) is 3. The number of urea groups is 1. The molecule has 2 atom stereocenters. The van der Waals surface area contributed by atoms with Gasteiger partial charge in [-0.25, -0.2) is 17.7 Å². The lowest BCUT2D eigenvalue weighted by Crippen LogP contribution is -2.41. The first kappa shape index (κ1) is 32.3. The van der Waals surface area contributed by atoms with Gasteiger partial charge in [-0.3, -0.25) is 14.6 Å². The topological polar surface area (TPSA) is 160 Å². The van der Waals surface area contributed by atoms with Gasteiger partial charge in [-0.15, -0.1) is 10.2 Å². The van der Waals surface area contributed by atoms with Gasteiger partial charge in [0.05, 0.1) is 12.3 Å². The van der Waals surface area contributed by atoms with Gasteiger partial charge in [-0.2, -0.15) is 0 Å². The minimum absolute atomic E-state index is 0.160. The van der Waals surface area contributed by atoms with Gasteiger partial charge in [0.1, 0.15) is 5.75 Å². The van der Waals surface area contributed by atoms with E-state index in [1.54, 1.807) is 28.8 Å². The Kier molecular flexibility index (Phi) is 10.7. The van der Waals surface area contributed by atoms with E-state index in [1.165, 1.54) is 25.7 Å². The molecule has 0 spiro atoms. The molecule has 4 rings (SSSR count). The molecule has 2 heterocycles. The Morgan fingerprint density at radius 1 is 1.05 bits per heavy atom. The minimum atomic E-state index is -3.72. The molecule has 0 aliphatic heterocycles. The summed E-state index contributed by atoms with van der Waals surface area (Å²) in [6.07, 6.45) is 11.5. The largest absolute Gasteiger partial charge is 0.481 e. The summed E-state index contributed by atoms with van der Waals surface area (Å²) in [6.45, 7) is 6.23. The maximum Gasteiger partial charge on any atom is 0.319 e. The van der Waals surface area contributed by atoms with Gasteiger partial charge in [-0.05, 0) is 56.9 Å². The Morgan fingerprint density at radius 2 is 1.70 bits per heavy atom. The Morgan fingerprint density at radius 3 is 2.33 bits per heavy atom. The maximum atomic E-state index is 12.7. The van der Waals surface area contributed by atoms with Crippen LogP contribution in [0.3, 0.4) is 0 Å². The van der Waals surface area contributed by atoms with Crippen LogP contribution in [0.5, 0.6) is 5.75 Å². The third kappa shape index (κ3) is 9.44. The molecule has 1 aliphatic carbocycles. The molecule has 0 radical (unpaired) electrons. The fraction of sp³-hybridized carbons (Fsp3) is 0.600. The average Bonchev–Trinajstić information content (AvgIpc) is 3.35. The van der Waals surface area contributed by atoms with Crippen molar-refractivity contribution < 1.29 is 22.7 Å². The van der Waals surface area contributed by atoms with E-state index in [1.807, 2.05) is 17.7 Å². The van der Waals surface area contributed by atoms with Crippen LogP contribution >= 0.6 is 0 Å². The van der Waals surface area contributed by atoms with Crippen molar-refractivity contribution in [3.05, 3.63) is 41.9 Å². The number of fused-ring (bicyclic) bond motifs is 1. The first-order valence-corrected chi connectivity index (χ1v) is 17.2. The second kappa shape index (κ2) is 14.2. The highest BCUT2D eigenvalue weighted by Crippen LogP contribution is 2.47. The molecule has 0 saturated heterocycles. The van der Waals surface area contributed by atoms with E-state index in [9.17, 15) is 18.0 Å². The number of nitrogens with one attached hydrogen (secondary N) is 4. The molecule has 1 aromatic carbocycles. The summed E-state index contributed by atoms with van der Waals surface area (Å²) >= 11 is 0. The van der Waals surface area contributed by atoms with Gasteiger partial charge in [0.2, 0.25) is 10.0 Å². The fourth-order valence-electron chi connectivity index (χ4n) is 5.01. The standard InChI is InChI=1S/C30H45N7O5S/c1-5-6-7-8-9-10-11-12-13-24(28(38)36-43(4,40)41)42-23-16-14-22(15-17-23)32-29(39)31-21(2)27-34-33-26-20-25(35-37(26)27)30(3)18-19-30/h14-17,20-21,24,35H,5-13,18-19H2,1-4H3,(H,36,38)(H2,31,32,39). The maximum absolute atomic E-state index is 12.7. The van der Waals surface area contributed by atoms with Crippen LogP contribution in [-0.4, -0.2) is 52.5 Å². The number of aromatic amines is 1. The normalized spacial score (nSPS) is 15.5. The molecule has 4 N–H and O–H groups in total. The van der Waals surface area contributed by atoms with Crippen molar-refractivity contribution in [3.8, 4) is 5.75 Å². The second-order valence-electron chi connectivity index (χ2n) is 11.9. The van der Waals surface area contributed by atoms with Crippen molar-refractivity contribution in [2.45, 2.75) is 109 Å². The molecule has 2 unspecified atom stereocenters. The molecule has 1 aliphatic rings. The van der Waals surface area contributed by atoms with Crippen LogP contribution in [0.2, 0.25) is 0 Å². The Labute approximate surface area is 253 Å². The minimum Gasteiger partial charge on any atom is -0.481 e. The second-order valence-corrected chi connectivity index (χ2v) is 13.7. The van der Waals surface area contributed by atoms with E-state index in [4.69, 9.17) is 4.74 Å². The summed E-state index contributed by atoms with van der Waals surface area (Å²) in [5, 5.41) is 17.5. The SMILES string of the molecule is CCCCCCCCCCC(Oc1ccc(NC(=O)NC(C)c2nnc3cc(C4(C)CC4)[nH]n23)cc1)C(=O)NS(C)(=O)=O. The van der Waals surface area contributed by atoms with Crippen molar-refractivity contribution in [3.63, 3.8) is 0 Å². The number of unbranched alkanes of at least 4 members (excludes halogenated alkanes) is 7. The van der Waals surface area contributed by atoms with Gasteiger partial charge in [0, 0.05) is 22.9 Å². The monoisotopic (exact) mass is 615 g/mol. The van der Waals surface area contributed by atoms with Gasteiger partial charge in [0.15, 0.2) is 17.6 Å². The summed E-state index contributed by atoms with van der Waals surface area (Å²) in [6, 6.07) is 7.75. The third-order valence-corrected chi connectivity index (χ3v) is 8.46. The molecular weight excluding hydrogens is 570 g/mol. The van der Waals surface area contributed by atoms with E-state index < -0.39 is 34.1 Å². The lowest BCUT2D eigenvalue weighted by molar-refractivity contribution is -0.126. The Bertz CT molecular complexity index is 1480. The predicted molar refractivity (Wildman–Crippen MR) is 166 cm³/mol. The number of amides is 3. The van der Waals surface area contributed by atoms with Crippen molar-refractivity contribution in [2.75, 3.05) is 11.6 Å². The van der Waals surface area contributed by atoms with Crippen LogP contribution in [0.15, 0.2) is 30.3 Å². The van der Waals surface area contributed by atoms with E-state index >= 15 is 0 Å². The van der Waals surface area contributed by atoms with Crippen LogP contribution in [0.4, 0.5) is 10.5 Å². The number of ether oxygens (including phenoxy) is 1. The lowest BCUT2D eigenvalue weighted by Gasteiger charge is -2.19. The molecule has 0 bridgehead atoms. The number of carbonyl (C=O) groups is 2. The summed E-state index contributed by atoms with van der Waals surface area (Å²) in [5.74, 6) is 0.300. The number of H-pyrrole nitrogens is 1. The van der Waals surface area contributed by atoms with Gasteiger partial charge < -0.3 is 15.4 Å². The zero-order valence-electron chi connectivity index (χ0n) is 25.6. The number of rotatable bonds is 17. The average molecular weight is 616 g/mol. The number of anilines is 1. The summed E-state index contributed by atoms with van der Waals surface area (Å²) in [4.78, 5) is 25.4. The van der Waals surface area contributed by atoms with E-state index in [0.29, 0.717) is 29.3 Å². The molecule has 3 amide bonds. The zero-order chi connectivity index (χ0) is 31.0. The Hall–Kier alpha value is -3.61. The quantitative estimate of drug-likeness (QED) is 0.149. The first-order valence-electron chi connectivity index (χ1n) is 15.3. The van der Waals surface area contributed by atoms with Crippen LogP contribution in [-0.2, 0) is 20.2 Å². The number of aromatic nitrogens is 4. The van der Waals surface area contributed by atoms with E-state index in [2.05, 4.69) is 39.8 Å². The van der Waals surface area contributed by atoms with Crippen LogP contribution in [0.25, 0.3) is 5.65 Å². The number of hydrogen-bond donors (Lipinski definition) is 4. The van der Waals surface area contributed by atoms with Crippen LogP contribution in [0.1, 0.15) is 109 Å². The molecule has 3 aromatic rings. The number of hydrogen-bond acceptors (Lipinski definition) is 7. The molecular formula is C30H45N7O5S. The highest BCUT2D eigenvalue weighted by molar-refractivity contribution is 7.89. The lowest BCUT2D eigenvalue weighted by atomic mass is 10.1. The molecule has 2 aromatic heterocycles. The highest BCUT2D eigenvalue weighted by Gasteiger charge is 2.41. The summed E-state index contributed by atoms with van der Waals surface area (Å²) in [7, 11) is -3.72. The van der Waals surface area contributed by atoms with Crippen molar-refractivity contribution >= 4 is 33.3 Å².